The van der Waals surface area contributed by atoms with Gasteiger partial charge >= 0.3 is 0 Å². The standard InChI is InChI=1S/C60H64N2.C3H6/c1-12-18-19-26-45-61(54(17-6)41-37-48(9)51-38-42-56(43-39-51)62(50(11)28-13-2)55(29-14-3)30-15-4)57-33-27-32-53(46-57)60(52(16-5)40-36-47(7)8)44-25-21-22-31-49(10)58-34-23-20-24-35-59(58)60;1-3-2/h12-22,24-35,37-43,46H,3,6,10-11,44-45H2,1-2,4-5,7-9H3;3H,1H2,2H3/b18-12-,25-21-,26-19-,28-13-,30-15-,31-22-,48-37+,52-16+,54-41+,55-29+;. The van der Waals surface area contributed by atoms with Gasteiger partial charge in [-0.3, -0.25) is 0 Å². The predicted octanol–water partition coefficient (Wildman–Crippen LogP) is 17.5. The molecule has 1 atom stereocenters. The normalized spacial score (nSPS) is 17.7. The van der Waals surface area contributed by atoms with E-state index in [1.807, 2.05) is 70.2 Å². The van der Waals surface area contributed by atoms with Gasteiger partial charge < -0.3 is 9.80 Å². The van der Waals surface area contributed by atoms with Gasteiger partial charge in [0.15, 0.2) is 0 Å². The van der Waals surface area contributed by atoms with Gasteiger partial charge in [-0.1, -0.05) is 148 Å². The minimum atomic E-state index is -0.585. The van der Waals surface area contributed by atoms with Crippen molar-refractivity contribution in [2.24, 2.45) is 0 Å². The van der Waals surface area contributed by atoms with Gasteiger partial charge in [-0.05, 0) is 179 Å². The van der Waals surface area contributed by atoms with Crippen LogP contribution in [0.4, 0.5) is 11.4 Å². The molecule has 0 aliphatic heterocycles. The number of anilines is 2. The number of allylic oxidation sites excluding steroid dienone is 27. The second-order valence-electron chi connectivity index (χ2n) is 15.5. The summed E-state index contributed by atoms with van der Waals surface area (Å²) in [6, 6.07) is 17.6. The third-order valence-electron chi connectivity index (χ3n) is 10.6. The van der Waals surface area contributed by atoms with E-state index >= 15 is 0 Å². The molecule has 0 saturated heterocycles. The molecular weight excluding hydrogens is 785 g/mol. The number of nitrogens with zero attached hydrogens (tertiary/aromatic N) is 2. The summed E-state index contributed by atoms with van der Waals surface area (Å²) in [4.78, 5) is 4.45. The van der Waals surface area contributed by atoms with Crippen LogP contribution in [0.15, 0.2) is 284 Å². The Bertz CT molecular complexity index is 2550. The summed E-state index contributed by atoms with van der Waals surface area (Å²) >= 11 is 0. The highest BCUT2D eigenvalue weighted by Gasteiger charge is 2.39. The van der Waals surface area contributed by atoms with Crippen LogP contribution in [0.2, 0.25) is 0 Å². The zero-order chi connectivity index (χ0) is 47.6. The molecule has 2 aliphatic carbocycles. The Morgan fingerprint density at radius 2 is 1.55 bits per heavy atom. The molecule has 0 saturated carbocycles. The molecule has 0 aromatic heterocycles. The summed E-state index contributed by atoms with van der Waals surface area (Å²) in [6.07, 6.45) is 50.4. The van der Waals surface area contributed by atoms with Gasteiger partial charge in [-0.15, -0.1) is 18.0 Å². The van der Waals surface area contributed by atoms with Crippen molar-refractivity contribution < 1.29 is 0 Å². The lowest BCUT2D eigenvalue weighted by Crippen LogP contribution is -2.31. The molecule has 332 valence electrons. The molecule has 2 heteroatoms. The van der Waals surface area contributed by atoms with Gasteiger partial charge in [0.2, 0.25) is 0 Å². The van der Waals surface area contributed by atoms with Crippen molar-refractivity contribution in [2.75, 3.05) is 16.3 Å². The summed E-state index contributed by atoms with van der Waals surface area (Å²) in [5.41, 5.74) is 20.0. The molecule has 0 bridgehead atoms. The van der Waals surface area contributed by atoms with Crippen LogP contribution in [-0.4, -0.2) is 6.54 Å². The quantitative estimate of drug-likeness (QED) is 0.0889. The Kier molecular flexibility index (Phi) is 22.1. The molecule has 0 heterocycles. The highest BCUT2D eigenvalue weighted by molar-refractivity contribution is 5.71. The zero-order valence-corrected chi connectivity index (χ0v) is 40.3. The van der Waals surface area contributed by atoms with E-state index in [1.54, 1.807) is 12.2 Å². The second kappa shape index (κ2) is 27.7. The van der Waals surface area contributed by atoms with E-state index < -0.39 is 5.41 Å². The fraction of sp³-hybridized carbons (Fsp3) is 0.175. The summed E-state index contributed by atoms with van der Waals surface area (Å²) < 4.78 is 0. The maximum absolute atomic E-state index is 4.53. The average molecular weight is 855 g/mol. The lowest BCUT2D eigenvalue weighted by Gasteiger charge is -2.39. The van der Waals surface area contributed by atoms with Crippen LogP contribution in [0.5, 0.6) is 0 Å². The van der Waals surface area contributed by atoms with Crippen molar-refractivity contribution in [1.82, 2.24) is 0 Å². The molecular formula is C63H70N2. The molecule has 2 nitrogen and oxygen atoms in total. The highest BCUT2D eigenvalue weighted by Crippen LogP contribution is 2.48. The van der Waals surface area contributed by atoms with Crippen molar-refractivity contribution in [3.8, 4) is 0 Å². The second-order valence-corrected chi connectivity index (χ2v) is 15.5. The summed E-state index contributed by atoms with van der Waals surface area (Å²) in [6.45, 7) is 37.5. The SMILES string of the molecule is C=C/C=C(\C=C/C)N(C(=C)/C=C\C)c1ccc(/C(C)=C/C=C(\C=C)N(C/C=C\C=C/C)c2cccc(C3(/C(C=C=C(C)C)=C/C)C/C=C\C=C/C(=C)C4=C3C=CC=C=C4)c2)cc1.C=CC. The first-order chi connectivity index (χ1) is 31.5. The van der Waals surface area contributed by atoms with Crippen LogP contribution >= 0.6 is 0 Å². The van der Waals surface area contributed by atoms with Gasteiger partial charge in [-0.2, -0.15) is 0 Å². The summed E-state index contributed by atoms with van der Waals surface area (Å²) in [7, 11) is 0. The molecule has 0 radical (unpaired) electrons. The van der Waals surface area contributed by atoms with E-state index in [0.717, 1.165) is 79.5 Å². The van der Waals surface area contributed by atoms with E-state index in [-0.39, 0.29) is 0 Å². The highest BCUT2D eigenvalue weighted by atomic mass is 15.1. The molecule has 0 amide bonds. The number of hydrogen-bond donors (Lipinski definition) is 0. The minimum absolute atomic E-state index is 0.585. The van der Waals surface area contributed by atoms with E-state index in [9.17, 15) is 0 Å². The average Bonchev–Trinajstić information content (AvgIpc) is 3.53. The Balaban J connectivity index is 0.00000363. The maximum atomic E-state index is 4.53. The largest absolute Gasteiger partial charge is 0.338 e. The molecule has 0 spiro atoms. The third-order valence-corrected chi connectivity index (χ3v) is 10.6. The van der Waals surface area contributed by atoms with Gasteiger partial charge in [0.1, 0.15) is 0 Å². The van der Waals surface area contributed by atoms with Crippen LogP contribution in [0.1, 0.15) is 72.9 Å². The van der Waals surface area contributed by atoms with Crippen molar-refractivity contribution in [1.29, 1.82) is 0 Å². The van der Waals surface area contributed by atoms with E-state index in [0.29, 0.717) is 6.54 Å². The molecule has 1 unspecified atom stereocenters. The molecule has 2 aliphatic rings. The van der Waals surface area contributed by atoms with Crippen molar-refractivity contribution in [3.63, 3.8) is 0 Å². The van der Waals surface area contributed by atoms with E-state index in [2.05, 4.69) is 222 Å². The summed E-state index contributed by atoms with van der Waals surface area (Å²) in [5.74, 6) is 0. The Morgan fingerprint density at radius 1 is 0.815 bits per heavy atom. The minimum Gasteiger partial charge on any atom is -0.338 e. The molecule has 2 aromatic carbocycles. The van der Waals surface area contributed by atoms with Crippen LogP contribution in [0.3, 0.4) is 0 Å². The van der Waals surface area contributed by atoms with E-state index in [4.69, 9.17) is 0 Å². The van der Waals surface area contributed by atoms with Gasteiger partial charge in [0, 0.05) is 40.4 Å². The molecule has 65 heavy (non-hydrogen) atoms. The van der Waals surface area contributed by atoms with E-state index in [1.165, 1.54) is 0 Å². The fourth-order valence-electron chi connectivity index (χ4n) is 7.57. The number of benzene rings is 2. The van der Waals surface area contributed by atoms with Crippen LogP contribution in [-0.2, 0) is 5.41 Å². The summed E-state index contributed by atoms with van der Waals surface area (Å²) in [5, 5.41) is 0. The lowest BCUT2D eigenvalue weighted by molar-refractivity contribution is 0.620. The lowest BCUT2D eigenvalue weighted by atomic mass is 9.64. The first kappa shape index (κ1) is 52.0. The molecule has 4 rings (SSSR count). The molecule has 0 fully saturated rings. The van der Waals surface area contributed by atoms with Crippen molar-refractivity contribution >= 4 is 16.9 Å². The van der Waals surface area contributed by atoms with Crippen molar-refractivity contribution in [2.45, 2.75) is 67.2 Å². The predicted molar refractivity (Wildman–Crippen MR) is 291 cm³/mol. The molecule has 2 aromatic rings. The van der Waals surface area contributed by atoms with Crippen molar-refractivity contribution in [3.05, 3.63) is 295 Å². The van der Waals surface area contributed by atoms with Crippen LogP contribution in [0, 0.1) is 0 Å². The maximum Gasteiger partial charge on any atom is 0.0495 e. The monoisotopic (exact) mass is 855 g/mol. The topological polar surface area (TPSA) is 6.48 Å². The Labute approximate surface area is 393 Å². The van der Waals surface area contributed by atoms with Gasteiger partial charge in [-0.25, -0.2) is 0 Å². The number of rotatable bonds is 17. The zero-order valence-electron chi connectivity index (χ0n) is 40.3. The molecule has 0 N–H and O–H groups in total. The third kappa shape index (κ3) is 14.3. The van der Waals surface area contributed by atoms with Crippen LogP contribution in [0.25, 0.3) is 5.57 Å². The van der Waals surface area contributed by atoms with Gasteiger partial charge in [0.25, 0.3) is 0 Å². The first-order valence-corrected chi connectivity index (χ1v) is 22.4. The van der Waals surface area contributed by atoms with Crippen LogP contribution < -0.4 is 9.80 Å². The van der Waals surface area contributed by atoms with Gasteiger partial charge in [0.05, 0.1) is 0 Å². The Hall–Kier alpha value is -7.34. The Morgan fingerprint density at radius 3 is 2.20 bits per heavy atom. The fourth-order valence-corrected chi connectivity index (χ4v) is 7.57. The number of hydrogen-bond acceptors (Lipinski definition) is 2. The smallest absolute Gasteiger partial charge is 0.0495 e. The first-order valence-electron chi connectivity index (χ1n) is 22.4.